The number of imidazole rings is 1. The lowest BCUT2D eigenvalue weighted by atomic mass is 10.1. The summed E-state index contributed by atoms with van der Waals surface area (Å²) in [5.41, 5.74) is 6.87. The number of benzene rings is 3. The molecule has 4 heteroatoms. The number of fused-ring (bicyclic) bond motifs is 5. The molecule has 0 aliphatic heterocycles. The van der Waals surface area contributed by atoms with Crippen LogP contribution in [-0.2, 0) is 13.0 Å². The van der Waals surface area contributed by atoms with Gasteiger partial charge in [0.25, 0.3) is 0 Å². The maximum atomic E-state index is 5.63. The Morgan fingerprint density at radius 1 is 0.818 bits per heavy atom. The zero-order chi connectivity index (χ0) is 22.2. The molecule has 6 rings (SSSR count). The molecule has 0 atom stereocenters. The molecule has 33 heavy (non-hydrogen) atoms. The number of aromatic nitrogens is 3. The summed E-state index contributed by atoms with van der Waals surface area (Å²) in [5, 5.41) is 2.52. The molecule has 0 N–H and O–H groups in total. The zero-order valence-corrected chi connectivity index (χ0v) is 18.6. The molecule has 0 saturated carbocycles. The topological polar surface area (TPSA) is 31.5 Å². The first-order valence-corrected chi connectivity index (χ1v) is 11.4. The van der Waals surface area contributed by atoms with Gasteiger partial charge in [0, 0.05) is 34.6 Å². The number of aryl methyl sites for hydroxylation is 2. The van der Waals surface area contributed by atoms with E-state index in [1.807, 2.05) is 24.4 Å². The predicted octanol–water partition coefficient (Wildman–Crippen LogP) is 6.75. The maximum absolute atomic E-state index is 5.63. The van der Waals surface area contributed by atoms with Gasteiger partial charge < -0.3 is 9.30 Å². The quantitative estimate of drug-likeness (QED) is 0.292. The minimum atomic E-state index is 0.850. The van der Waals surface area contributed by atoms with Crippen molar-refractivity contribution in [1.29, 1.82) is 0 Å². The van der Waals surface area contributed by atoms with Gasteiger partial charge in [0.2, 0.25) is 0 Å². The minimum absolute atomic E-state index is 0.850. The molecule has 0 aliphatic rings. The van der Waals surface area contributed by atoms with Crippen LogP contribution in [0.25, 0.3) is 38.7 Å². The van der Waals surface area contributed by atoms with E-state index < -0.39 is 0 Å². The lowest BCUT2D eigenvalue weighted by Crippen LogP contribution is -2.01. The fourth-order valence-electron chi connectivity index (χ4n) is 4.95. The van der Waals surface area contributed by atoms with Gasteiger partial charge in [-0.15, -0.1) is 0 Å². The monoisotopic (exact) mass is 431 g/mol. The van der Waals surface area contributed by atoms with Crippen molar-refractivity contribution in [3.05, 3.63) is 103 Å². The van der Waals surface area contributed by atoms with Crippen molar-refractivity contribution in [1.82, 2.24) is 14.0 Å². The summed E-state index contributed by atoms with van der Waals surface area (Å²) >= 11 is 0. The van der Waals surface area contributed by atoms with E-state index in [0.29, 0.717) is 0 Å². The number of pyridine rings is 1. The van der Waals surface area contributed by atoms with E-state index in [2.05, 4.69) is 81.9 Å². The molecule has 162 valence electrons. The van der Waals surface area contributed by atoms with Crippen LogP contribution < -0.4 is 4.74 Å². The molecule has 6 aromatic rings. The first-order valence-electron chi connectivity index (χ1n) is 11.4. The Morgan fingerprint density at radius 3 is 2.48 bits per heavy atom. The third-order valence-corrected chi connectivity index (χ3v) is 6.48. The van der Waals surface area contributed by atoms with Gasteiger partial charge in [0.05, 0.1) is 24.5 Å². The van der Waals surface area contributed by atoms with Gasteiger partial charge in [-0.3, -0.25) is 4.40 Å². The Hall–Kier alpha value is -4.05. The van der Waals surface area contributed by atoms with Crippen LogP contribution in [0.4, 0.5) is 0 Å². The third-order valence-electron chi connectivity index (χ3n) is 6.48. The van der Waals surface area contributed by atoms with Crippen molar-refractivity contribution in [2.75, 3.05) is 7.11 Å². The molecule has 3 heterocycles. The van der Waals surface area contributed by atoms with Crippen LogP contribution in [0.2, 0.25) is 0 Å². The van der Waals surface area contributed by atoms with Crippen LogP contribution in [0.3, 0.4) is 0 Å². The van der Waals surface area contributed by atoms with E-state index in [0.717, 1.165) is 42.0 Å². The normalized spacial score (nSPS) is 11.5. The highest BCUT2D eigenvalue weighted by Gasteiger charge is 2.17. The molecule has 3 aromatic carbocycles. The van der Waals surface area contributed by atoms with E-state index >= 15 is 0 Å². The van der Waals surface area contributed by atoms with Crippen LogP contribution in [0, 0.1) is 0 Å². The maximum Gasteiger partial charge on any atom is 0.161 e. The number of para-hydroxylation sites is 2. The lowest BCUT2D eigenvalue weighted by molar-refractivity contribution is 0.416. The number of methoxy groups -OCH3 is 1. The molecule has 0 amide bonds. The third kappa shape index (κ3) is 3.26. The average Bonchev–Trinajstić information content (AvgIpc) is 3.44. The molecular weight excluding hydrogens is 406 g/mol. The summed E-state index contributed by atoms with van der Waals surface area (Å²) in [5.74, 6) is 0.850. The second kappa shape index (κ2) is 8.14. The molecule has 4 nitrogen and oxygen atoms in total. The van der Waals surface area contributed by atoms with Crippen molar-refractivity contribution in [2.24, 2.45) is 0 Å². The Labute approximate surface area is 192 Å². The van der Waals surface area contributed by atoms with E-state index in [-0.39, 0.29) is 0 Å². The Balaban J connectivity index is 1.51. The van der Waals surface area contributed by atoms with Gasteiger partial charge in [0.1, 0.15) is 5.75 Å². The number of ether oxygens (including phenoxy) is 1. The van der Waals surface area contributed by atoms with Crippen LogP contribution in [-0.4, -0.2) is 21.1 Å². The van der Waals surface area contributed by atoms with Crippen molar-refractivity contribution in [3.8, 4) is 17.0 Å². The van der Waals surface area contributed by atoms with Gasteiger partial charge in [0.15, 0.2) is 5.65 Å². The fraction of sp³-hybridized carbons (Fsp3) is 0.138. The average molecular weight is 432 g/mol. The first kappa shape index (κ1) is 19.6. The number of nitrogens with zero attached hydrogens (tertiary/aromatic N) is 3. The molecule has 0 aliphatic carbocycles. The highest BCUT2D eigenvalue weighted by Crippen LogP contribution is 2.35. The van der Waals surface area contributed by atoms with E-state index in [1.54, 1.807) is 7.11 Å². The summed E-state index contributed by atoms with van der Waals surface area (Å²) in [6.07, 6.45) is 6.21. The molecule has 0 bridgehead atoms. The molecular formula is C29H25N3O. The Morgan fingerprint density at radius 2 is 1.61 bits per heavy atom. The first-order chi connectivity index (χ1) is 16.3. The van der Waals surface area contributed by atoms with Crippen LogP contribution >= 0.6 is 0 Å². The number of hydrogen-bond donors (Lipinski definition) is 0. The highest BCUT2D eigenvalue weighted by atomic mass is 16.5. The number of rotatable bonds is 6. The predicted molar refractivity (Wildman–Crippen MR) is 135 cm³/mol. The second-order valence-corrected chi connectivity index (χ2v) is 8.37. The largest absolute Gasteiger partial charge is 0.496 e. The molecule has 0 unspecified atom stereocenters. The standard InChI is InChI=1S/C29H25N3O/c1-33-27-16-8-6-14-24(27)26-20-30-29-28-23(17-19-32(26)29)22-13-5-7-15-25(22)31(28)18-9-12-21-10-3-2-4-11-21/h2-8,10-11,13-17,19-20H,9,12,18H2,1H3. The molecule has 0 saturated heterocycles. The van der Waals surface area contributed by atoms with Crippen molar-refractivity contribution >= 4 is 27.5 Å². The van der Waals surface area contributed by atoms with Gasteiger partial charge in [-0.05, 0) is 42.7 Å². The summed E-state index contributed by atoms with van der Waals surface area (Å²) in [6, 6.07) is 29.7. The van der Waals surface area contributed by atoms with E-state index in [4.69, 9.17) is 9.72 Å². The molecule has 0 radical (unpaired) electrons. The lowest BCUT2D eigenvalue weighted by Gasteiger charge is -2.10. The fourth-order valence-corrected chi connectivity index (χ4v) is 4.95. The van der Waals surface area contributed by atoms with Gasteiger partial charge in [-0.1, -0.05) is 60.7 Å². The SMILES string of the molecule is COc1ccccc1-c1cnc2c3c(ccn12)c1ccccc1n3CCCc1ccccc1. The smallest absolute Gasteiger partial charge is 0.161 e. The van der Waals surface area contributed by atoms with Crippen LogP contribution in [0.5, 0.6) is 5.75 Å². The van der Waals surface area contributed by atoms with E-state index in [9.17, 15) is 0 Å². The molecule has 0 spiro atoms. The summed E-state index contributed by atoms with van der Waals surface area (Å²) in [7, 11) is 1.71. The van der Waals surface area contributed by atoms with Crippen LogP contribution in [0.15, 0.2) is 97.3 Å². The van der Waals surface area contributed by atoms with Crippen molar-refractivity contribution in [3.63, 3.8) is 0 Å². The second-order valence-electron chi connectivity index (χ2n) is 8.37. The molecule has 3 aromatic heterocycles. The summed E-state index contributed by atoms with van der Waals surface area (Å²) in [6.45, 7) is 0.940. The summed E-state index contributed by atoms with van der Waals surface area (Å²) < 4.78 is 10.3. The zero-order valence-electron chi connectivity index (χ0n) is 18.6. The highest BCUT2D eigenvalue weighted by molar-refractivity contribution is 6.12. The Bertz CT molecular complexity index is 1580. The minimum Gasteiger partial charge on any atom is -0.496 e. The molecule has 0 fully saturated rings. The van der Waals surface area contributed by atoms with Gasteiger partial charge >= 0.3 is 0 Å². The Kier molecular flexibility index (Phi) is 4.84. The van der Waals surface area contributed by atoms with Crippen molar-refractivity contribution in [2.45, 2.75) is 19.4 Å². The van der Waals surface area contributed by atoms with E-state index in [1.165, 1.54) is 27.4 Å². The number of hydrogen-bond acceptors (Lipinski definition) is 2. The van der Waals surface area contributed by atoms with Gasteiger partial charge in [-0.2, -0.15) is 0 Å². The summed E-state index contributed by atoms with van der Waals surface area (Å²) in [4.78, 5) is 4.91. The van der Waals surface area contributed by atoms with Crippen molar-refractivity contribution < 1.29 is 4.74 Å². The van der Waals surface area contributed by atoms with Crippen LogP contribution in [0.1, 0.15) is 12.0 Å². The van der Waals surface area contributed by atoms with Gasteiger partial charge in [-0.25, -0.2) is 4.98 Å².